The van der Waals surface area contributed by atoms with Crippen LogP contribution in [-0.2, 0) is 11.2 Å². The van der Waals surface area contributed by atoms with Gasteiger partial charge in [0.1, 0.15) is 5.75 Å². The molecule has 6 heteroatoms. The molecule has 2 N–H and O–H groups in total. The molecule has 100 valence electrons. The van der Waals surface area contributed by atoms with Crippen LogP contribution in [0.4, 0.5) is 13.2 Å². The maximum absolute atomic E-state index is 11.8. The number of carbonyl (C=O) groups excluding carboxylic acids is 1. The summed E-state index contributed by atoms with van der Waals surface area (Å²) in [6.07, 6.45) is -5.43. The Kier molecular flexibility index (Phi) is 5.00. The summed E-state index contributed by atoms with van der Waals surface area (Å²) >= 11 is 0. The number of phenolic OH excluding ortho intramolecular Hbond substituents is 1. The minimum atomic E-state index is -4.30. The maximum Gasteiger partial charge on any atom is 0.389 e. The lowest BCUT2D eigenvalue weighted by Crippen LogP contribution is -2.26. The molecule has 0 atom stereocenters. The van der Waals surface area contributed by atoms with Crippen molar-refractivity contribution in [2.75, 3.05) is 6.54 Å². The molecule has 0 fully saturated rings. The first kappa shape index (κ1) is 14.3. The van der Waals surface area contributed by atoms with Crippen molar-refractivity contribution in [2.45, 2.75) is 25.4 Å². The van der Waals surface area contributed by atoms with E-state index in [9.17, 15) is 18.0 Å². The van der Waals surface area contributed by atoms with Gasteiger partial charge in [-0.15, -0.1) is 0 Å². The summed E-state index contributed by atoms with van der Waals surface area (Å²) in [5, 5.41) is 11.5. The van der Waals surface area contributed by atoms with Gasteiger partial charge in [0.15, 0.2) is 0 Å². The number of halogens is 3. The lowest BCUT2D eigenvalue weighted by Gasteiger charge is -2.07. The number of alkyl halides is 3. The zero-order valence-corrected chi connectivity index (χ0v) is 9.63. The van der Waals surface area contributed by atoms with E-state index in [1.54, 1.807) is 12.1 Å². The minimum Gasteiger partial charge on any atom is -0.508 e. The van der Waals surface area contributed by atoms with Gasteiger partial charge in [0.2, 0.25) is 5.91 Å². The molecular weight excluding hydrogens is 247 g/mol. The van der Waals surface area contributed by atoms with Crippen molar-refractivity contribution in [2.24, 2.45) is 0 Å². The van der Waals surface area contributed by atoms with E-state index < -0.39 is 24.9 Å². The second-order valence-corrected chi connectivity index (χ2v) is 3.88. The number of rotatable bonds is 5. The van der Waals surface area contributed by atoms with Crippen LogP contribution in [0.1, 0.15) is 18.4 Å². The highest BCUT2D eigenvalue weighted by Crippen LogP contribution is 2.20. The molecule has 0 heterocycles. The summed E-state index contributed by atoms with van der Waals surface area (Å²) < 4.78 is 35.5. The number of aromatic hydroxyl groups is 1. The fourth-order valence-electron chi connectivity index (χ4n) is 1.35. The molecule has 0 aliphatic rings. The van der Waals surface area contributed by atoms with Crippen LogP contribution < -0.4 is 5.32 Å². The van der Waals surface area contributed by atoms with E-state index in [0.29, 0.717) is 6.42 Å². The van der Waals surface area contributed by atoms with E-state index >= 15 is 0 Å². The molecule has 1 amide bonds. The van der Waals surface area contributed by atoms with Crippen LogP contribution in [0.25, 0.3) is 0 Å². The average molecular weight is 261 g/mol. The first-order chi connectivity index (χ1) is 8.37. The third kappa shape index (κ3) is 6.12. The van der Waals surface area contributed by atoms with Crippen LogP contribution in [0, 0.1) is 0 Å². The minimum absolute atomic E-state index is 0.146. The number of carbonyl (C=O) groups is 1. The van der Waals surface area contributed by atoms with Gasteiger partial charge in [0.05, 0.1) is 6.42 Å². The summed E-state index contributed by atoms with van der Waals surface area (Å²) in [7, 11) is 0. The molecule has 0 saturated heterocycles. The molecular formula is C12H14F3NO2. The Morgan fingerprint density at radius 2 is 1.83 bits per heavy atom. The van der Waals surface area contributed by atoms with Crippen LogP contribution in [-0.4, -0.2) is 23.7 Å². The van der Waals surface area contributed by atoms with Crippen molar-refractivity contribution in [3.05, 3.63) is 29.8 Å². The van der Waals surface area contributed by atoms with Crippen LogP contribution in [0.2, 0.25) is 0 Å². The highest BCUT2D eigenvalue weighted by Gasteiger charge is 2.27. The highest BCUT2D eigenvalue weighted by molar-refractivity contribution is 5.75. The Bertz CT molecular complexity index is 387. The van der Waals surface area contributed by atoms with Gasteiger partial charge in [0, 0.05) is 13.0 Å². The van der Waals surface area contributed by atoms with Crippen molar-refractivity contribution in [3.8, 4) is 5.75 Å². The summed E-state index contributed by atoms with van der Waals surface area (Å²) in [5.74, 6) is -0.459. The summed E-state index contributed by atoms with van der Waals surface area (Å²) in [5.41, 5.74) is 0.893. The third-order valence-electron chi connectivity index (χ3n) is 2.31. The quantitative estimate of drug-likeness (QED) is 0.855. The number of phenols is 1. The molecule has 0 aliphatic carbocycles. The van der Waals surface area contributed by atoms with Crippen molar-refractivity contribution >= 4 is 5.91 Å². The highest BCUT2D eigenvalue weighted by atomic mass is 19.4. The number of benzene rings is 1. The fraction of sp³-hybridized carbons (Fsp3) is 0.417. The zero-order chi connectivity index (χ0) is 13.6. The molecule has 0 saturated carbocycles. The van der Waals surface area contributed by atoms with Gasteiger partial charge in [-0.25, -0.2) is 0 Å². The molecule has 1 aromatic carbocycles. The van der Waals surface area contributed by atoms with Gasteiger partial charge in [-0.1, -0.05) is 12.1 Å². The van der Waals surface area contributed by atoms with Gasteiger partial charge in [-0.05, 0) is 24.1 Å². The van der Waals surface area contributed by atoms with Crippen LogP contribution in [0.3, 0.4) is 0 Å². The van der Waals surface area contributed by atoms with Gasteiger partial charge in [0.25, 0.3) is 0 Å². The Labute approximate surface area is 103 Å². The SMILES string of the molecule is O=C(CCC(F)(F)F)NCCc1ccc(O)cc1. The lowest BCUT2D eigenvalue weighted by atomic mass is 10.1. The normalized spacial score (nSPS) is 11.3. The van der Waals surface area contributed by atoms with Gasteiger partial charge in [-0.3, -0.25) is 4.79 Å². The van der Waals surface area contributed by atoms with Crippen molar-refractivity contribution < 1.29 is 23.1 Å². The smallest absolute Gasteiger partial charge is 0.389 e. The summed E-state index contributed by atoms with van der Waals surface area (Å²) in [6.45, 7) is 0.279. The van der Waals surface area contributed by atoms with E-state index in [-0.39, 0.29) is 12.3 Å². The van der Waals surface area contributed by atoms with E-state index in [4.69, 9.17) is 5.11 Å². The van der Waals surface area contributed by atoms with Crippen LogP contribution >= 0.6 is 0 Å². The second kappa shape index (κ2) is 6.28. The molecule has 1 aromatic rings. The Hall–Kier alpha value is -1.72. The molecule has 0 radical (unpaired) electrons. The van der Waals surface area contributed by atoms with Crippen molar-refractivity contribution in [3.63, 3.8) is 0 Å². The van der Waals surface area contributed by atoms with E-state index in [0.717, 1.165) is 5.56 Å². The number of hydrogen-bond acceptors (Lipinski definition) is 2. The molecule has 0 spiro atoms. The largest absolute Gasteiger partial charge is 0.508 e. The standard InChI is InChI=1S/C12H14F3NO2/c13-12(14,15)7-5-11(18)16-8-6-9-1-3-10(17)4-2-9/h1-4,17H,5-8H2,(H,16,18). The van der Waals surface area contributed by atoms with Gasteiger partial charge < -0.3 is 10.4 Å². The first-order valence-electron chi connectivity index (χ1n) is 5.48. The molecule has 0 aliphatic heterocycles. The van der Waals surface area contributed by atoms with Gasteiger partial charge in [-0.2, -0.15) is 13.2 Å². The molecule has 3 nitrogen and oxygen atoms in total. The topological polar surface area (TPSA) is 49.3 Å². The van der Waals surface area contributed by atoms with Crippen molar-refractivity contribution in [1.29, 1.82) is 0 Å². The average Bonchev–Trinajstić information content (AvgIpc) is 2.28. The predicted molar refractivity (Wildman–Crippen MR) is 60.1 cm³/mol. The summed E-state index contributed by atoms with van der Waals surface area (Å²) in [4.78, 5) is 11.1. The molecule has 0 aromatic heterocycles. The van der Waals surface area contributed by atoms with E-state index in [1.807, 2.05) is 0 Å². The Morgan fingerprint density at radius 1 is 1.22 bits per heavy atom. The molecule has 1 rings (SSSR count). The third-order valence-corrected chi connectivity index (χ3v) is 2.31. The first-order valence-corrected chi connectivity index (χ1v) is 5.48. The van der Waals surface area contributed by atoms with E-state index in [1.165, 1.54) is 12.1 Å². The monoisotopic (exact) mass is 261 g/mol. The number of amides is 1. The maximum atomic E-state index is 11.8. The molecule has 0 unspecified atom stereocenters. The van der Waals surface area contributed by atoms with Crippen LogP contribution in [0.5, 0.6) is 5.75 Å². The Morgan fingerprint density at radius 3 is 2.39 bits per heavy atom. The molecule has 0 bridgehead atoms. The predicted octanol–water partition coefficient (Wildman–Crippen LogP) is 2.39. The Balaban J connectivity index is 2.21. The second-order valence-electron chi connectivity index (χ2n) is 3.88. The van der Waals surface area contributed by atoms with E-state index in [2.05, 4.69) is 5.32 Å². The molecule has 18 heavy (non-hydrogen) atoms. The number of hydrogen-bond donors (Lipinski definition) is 2. The fourth-order valence-corrected chi connectivity index (χ4v) is 1.35. The lowest BCUT2D eigenvalue weighted by molar-refractivity contribution is -0.144. The van der Waals surface area contributed by atoms with Crippen LogP contribution in [0.15, 0.2) is 24.3 Å². The zero-order valence-electron chi connectivity index (χ0n) is 9.63. The number of nitrogens with one attached hydrogen (secondary N) is 1. The summed E-state index contributed by atoms with van der Waals surface area (Å²) in [6, 6.07) is 6.41. The van der Waals surface area contributed by atoms with Gasteiger partial charge >= 0.3 is 6.18 Å². The van der Waals surface area contributed by atoms with Crippen molar-refractivity contribution in [1.82, 2.24) is 5.32 Å².